The summed E-state index contributed by atoms with van der Waals surface area (Å²) in [5, 5.41) is 0. The van der Waals surface area contributed by atoms with E-state index in [0.717, 1.165) is 13.2 Å². The van der Waals surface area contributed by atoms with E-state index in [-0.39, 0.29) is 0 Å². The third kappa shape index (κ3) is 4.79. The number of benzene rings is 1. The molecule has 0 saturated carbocycles. The first-order valence-corrected chi connectivity index (χ1v) is 9.27. The number of methoxy groups -OCH3 is 1. The molecule has 3 rings (SSSR count). The van der Waals surface area contributed by atoms with Gasteiger partial charge < -0.3 is 14.5 Å². The smallest absolute Gasteiger partial charge is 0.0589 e. The summed E-state index contributed by atoms with van der Waals surface area (Å²) in [6.45, 7) is 8.39. The largest absolute Gasteiger partial charge is 0.383 e. The van der Waals surface area contributed by atoms with Crippen molar-refractivity contribution in [2.24, 2.45) is 5.41 Å². The average Bonchev–Trinajstić information content (AvgIpc) is 2.96. The molecule has 1 spiro atoms. The highest BCUT2D eigenvalue weighted by Crippen LogP contribution is 2.38. The molecule has 2 saturated heterocycles. The fraction of sp³-hybridized carbons (Fsp3) is 0.700. The van der Waals surface area contributed by atoms with Crippen molar-refractivity contribution in [1.82, 2.24) is 9.80 Å². The van der Waals surface area contributed by atoms with Crippen LogP contribution in [-0.2, 0) is 11.2 Å². The summed E-state index contributed by atoms with van der Waals surface area (Å²) in [4.78, 5) is 5.34. The van der Waals surface area contributed by atoms with Crippen LogP contribution in [0.5, 0.6) is 0 Å². The first kappa shape index (κ1) is 16.9. The molecule has 2 fully saturated rings. The van der Waals surface area contributed by atoms with Gasteiger partial charge in [-0.3, -0.25) is 0 Å². The number of hydrogen-bond acceptors (Lipinski definition) is 3. The summed E-state index contributed by atoms with van der Waals surface area (Å²) in [7, 11) is 1.81. The zero-order chi connectivity index (χ0) is 16.0. The van der Waals surface area contributed by atoms with Gasteiger partial charge in [0.15, 0.2) is 0 Å². The highest BCUT2D eigenvalue weighted by atomic mass is 16.5. The van der Waals surface area contributed by atoms with E-state index in [0.29, 0.717) is 5.41 Å². The van der Waals surface area contributed by atoms with Crippen LogP contribution in [-0.4, -0.2) is 62.8 Å². The number of aryl methyl sites for hydroxylation is 1. The topological polar surface area (TPSA) is 15.7 Å². The van der Waals surface area contributed by atoms with E-state index in [1.165, 1.54) is 70.4 Å². The molecule has 0 bridgehead atoms. The molecule has 1 aromatic rings. The van der Waals surface area contributed by atoms with Crippen LogP contribution >= 0.6 is 0 Å². The number of hydrogen-bond donors (Lipinski definition) is 0. The van der Waals surface area contributed by atoms with E-state index < -0.39 is 0 Å². The molecular weight excluding hydrogens is 284 g/mol. The molecule has 0 aromatic heterocycles. The first-order valence-electron chi connectivity index (χ1n) is 9.27. The molecule has 1 atom stereocenters. The average molecular weight is 316 g/mol. The molecule has 0 amide bonds. The van der Waals surface area contributed by atoms with Crippen molar-refractivity contribution in [3.63, 3.8) is 0 Å². The second kappa shape index (κ2) is 8.27. The lowest BCUT2D eigenvalue weighted by atomic mass is 9.79. The number of ether oxygens (including phenoxy) is 1. The van der Waals surface area contributed by atoms with E-state index in [1.54, 1.807) is 0 Å². The second-order valence-electron chi connectivity index (χ2n) is 7.49. The van der Waals surface area contributed by atoms with Gasteiger partial charge in [-0.2, -0.15) is 0 Å². The zero-order valence-electron chi connectivity index (χ0n) is 14.7. The fourth-order valence-corrected chi connectivity index (χ4v) is 4.42. The predicted molar refractivity (Wildman–Crippen MR) is 95.8 cm³/mol. The first-order chi connectivity index (χ1) is 11.3. The summed E-state index contributed by atoms with van der Waals surface area (Å²) in [5.41, 5.74) is 2.04. The lowest BCUT2D eigenvalue weighted by molar-refractivity contribution is 0.0678. The number of rotatable bonds is 7. The van der Waals surface area contributed by atoms with E-state index in [9.17, 15) is 0 Å². The Morgan fingerprint density at radius 3 is 2.57 bits per heavy atom. The van der Waals surface area contributed by atoms with Crippen LogP contribution in [0.15, 0.2) is 30.3 Å². The molecule has 2 aliphatic heterocycles. The van der Waals surface area contributed by atoms with Gasteiger partial charge in [-0.1, -0.05) is 30.3 Å². The summed E-state index contributed by atoms with van der Waals surface area (Å²) in [6, 6.07) is 10.9. The standard InChI is InChI=1S/C20H32N2O/c1-23-16-15-22-13-6-10-20(18-22)11-14-21(17-20)12-5-9-19-7-3-2-4-8-19/h2-4,7-8H,5-6,9-18H2,1H3. The molecule has 23 heavy (non-hydrogen) atoms. The van der Waals surface area contributed by atoms with Gasteiger partial charge in [0.2, 0.25) is 0 Å². The Kier molecular flexibility index (Phi) is 6.09. The van der Waals surface area contributed by atoms with E-state index in [2.05, 4.69) is 40.1 Å². The molecule has 2 heterocycles. The Labute approximate surface area is 141 Å². The Bertz CT molecular complexity index is 464. The van der Waals surface area contributed by atoms with Crippen LogP contribution in [0.3, 0.4) is 0 Å². The van der Waals surface area contributed by atoms with Crippen molar-refractivity contribution in [1.29, 1.82) is 0 Å². The lowest BCUT2D eigenvalue weighted by Crippen LogP contribution is -2.45. The van der Waals surface area contributed by atoms with Crippen molar-refractivity contribution >= 4 is 0 Å². The van der Waals surface area contributed by atoms with Crippen LogP contribution in [0, 0.1) is 5.41 Å². The Balaban J connectivity index is 1.42. The van der Waals surface area contributed by atoms with Crippen LogP contribution in [0.4, 0.5) is 0 Å². The molecule has 0 N–H and O–H groups in total. The van der Waals surface area contributed by atoms with Crippen LogP contribution < -0.4 is 0 Å². The summed E-state index contributed by atoms with van der Waals surface area (Å²) in [6.07, 6.45) is 6.67. The fourth-order valence-electron chi connectivity index (χ4n) is 4.42. The van der Waals surface area contributed by atoms with Crippen molar-refractivity contribution in [2.75, 3.05) is 53.0 Å². The second-order valence-corrected chi connectivity index (χ2v) is 7.49. The van der Waals surface area contributed by atoms with Crippen molar-refractivity contribution in [3.05, 3.63) is 35.9 Å². The third-order valence-corrected chi connectivity index (χ3v) is 5.65. The highest BCUT2D eigenvalue weighted by molar-refractivity contribution is 5.14. The monoisotopic (exact) mass is 316 g/mol. The number of piperidine rings is 1. The Morgan fingerprint density at radius 2 is 1.78 bits per heavy atom. The minimum Gasteiger partial charge on any atom is -0.383 e. The summed E-state index contributed by atoms with van der Waals surface area (Å²) < 4.78 is 5.26. The van der Waals surface area contributed by atoms with Crippen LogP contribution in [0.2, 0.25) is 0 Å². The quantitative estimate of drug-likeness (QED) is 0.769. The van der Waals surface area contributed by atoms with Crippen molar-refractivity contribution < 1.29 is 4.74 Å². The van der Waals surface area contributed by atoms with Gasteiger partial charge in [-0.05, 0) is 62.7 Å². The molecule has 3 heteroatoms. The van der Waals surface area contributed by atoms with Crippen LogP contribution in [0.25, 0.3) is 0 Å². The van der Waals surface area contributed by atoms with Crippen LogP contribution in [0.1, 0.15) is 31.2 Å². The Hall–Kier alpha value is -0.900. The molecule has 3 nitrogen and oxygen atoms in total. The van der Waals surface area contributed by atoms with Crippen molar-refractivity contribution in [2.45, 2.75) is 32.1 Å². The predicted octanol–water partition coefficient (Wildman–Crippen LogP) is 3.05. The van der Waals surface area contributed by atoms with Gasteiger partial charge in [-0.25, -0.2) is 0 Å². The lowest BCUT2D eigenvalue weighted by Gasteiger charge is -2.40. The zero-order valence-corrected chi connectivity index (χ0v) is 14.7. The summed E-state index contributed by atoms with van der Waals surface area (Å²) in [5.74, 6) is 0. The molecule has 0 aliphatic carbocycles. The minimum absolute atomic E-state index is 0.568. The maximum Gasteiger partial charge on any atom is 0.0589 e. The summed E-state index contributed by atoms with van der Waals surface area (Å²) >= 11 is 0. The SMILES string of the molecule is COCCN1CCCC2(CCN(CCCc3ccccc3)C2)C1. The minimum atomic E-state index is 0.568. The molecule has 1 aromatic carbocycles. The molecular formula is C20H32N2O. The third-order valence-electron chi connectivity index (χ3n) is 5.65. The molecule has 0 radical (unpaired) electrons. The normalized spacial score (nSPS) is 26.1. The van der Waals surface area contributed by atoms with Gasteiger partial charge in [0, 0.05) is 26.7 Å². The van der Waals surface area contributed by atoms with E-state index >= 15 is 0 Å². The molecule has 128 valence electrons. The van der Waals surface area contributed by atoms with Crippen molar-refractivity contribution in [3.8, 4) is 0 Å². The van der Waals surface area contributed by atoms with Gasteiger partial charge in [0.25, 0.3) is 0 Å². The molecule has 2 aliphatic rings. The van der Waals surface area contributed by atoms with Gasteiger partial charge in [0.05, 0.1) is 6.61 Å². The maximum absolute atomic E-state index is 5.26. The van der Waals surface area contributed by atoms with Gasteiger partial charge >= 0.3 is 0 Å². The molecule has 1 unspecified atom stereocenters. The maximum atomic E-state index is 5.26. The van der Waals surface area contributed by atoms with E-state index in [4.69, 9.17) is 4.74 Å². The number of likely N-dealkylation sites (tertiary alicyclic amines) is 2. The highest BCUT2D eigenvalue weighted by Gasteiger charge is 2.40. The Morgan fingerprint density at radius 1 is 1.00 bits per heavy atom. The van der Waals surface area contributed by atoms with Gasteiger partial charge in [0.1, 0.15) is 0 Å². The number of nitrogens with zero attached hydrogens (tertiary/aromatic N) is 2. The van der Waals surface area contributed by atoms with Gasteiger partial charge in [-0.15, -0.1) is 0 Å². The van der Waals surface area contributed by atoms with E-state index in [1.807, 2.05) is 7.11 Å².